The highest BCUT2D eigenvalue weighted by Gasteiger charge is 2.33. The van der Waals surface area contributed by atoms with Crippen LogP contribution >= 0.6 is 22.9 Å². The zero-order valence-corrected chi connectivity index (χ0v) is 26.2. The Labute approximate surface area is 254 Å². The van der Waals surface area contributed by atoms with Gasteiger partial charge in [-0.25, -0.2) is 9.78 Å². The minimum atomic E-state index is -1.67. The Balaban J connectivity index is 1.75. The second-order valence-corrected chi connectivity index (χ2v) is 12.3. The number of fused-ring (bicyclic) bond motifs is 2. The van der Waals surface area contributed by atoms with Gasteiger partial charge < -0.3 is 19.8 Å². The molecule has 0 aliphatic carbocycles. The van der Waals surface area contributed by atoms with Gasteiger partial charge in [-0.3, -0.25) is 4.68 Å². The van der Waals surface area contributed by atoms with Crippen molar-refractivity contribution in [1.82, 2.24) is 14.8 Å². The van der Waals surface area contributed by atoms with Crippen LogP contribution in [0, 0.1) is 6.92 Å². The van der Waals surface area contributed by atoms with Crippen molar-refractivity contribution in [2.24, 2.45) is 7.05 Å². The number of aliphatic carboxylic acids is 1. The lowest BCUT2D eigenvalue weighted by Gasteiger charge is -2.27. The molecule has 1 atom stereocenters. The Hall–Kier alpha value is -3.50. The van der Waals surface area contributed by atoms with Crippen LogP contribution in [0.2, 0.25) is 5.02 Å². The molecule has 0 aliphatic heterocycles. The number of rotatable bonds is 10. The molecular weight excluding hydrogens is 572 g/mol. The zero-order valence-electron chi connectivity index (χ0n) is 24.6. The second kappa shape index (κ2) is 11.6. The fraction of sp³-hybridized carbons (Fsp3) is 0.344. The van der Waals surface area contributed by atoms with Crippen LogP contribution < -0.4 is 4.90 Å². The van der Waals surface area contributed by atoms with Gasteiger partial charge in [-0.2, -0.15) is 5.10 Å². The smallest absolute Gasteiger partial charge is 0.337 e. The molecule has 0 fully saturated rings. The molecule has 3 aromatic carbocycles. The molecule has 8 nitrogen and oxygen atoms in total. The molecule has 0 saturated carbocycles. The lowest BCUT2D eigenvalue weighted by molar-refractivity contribution is -0.216. The summed E-state index contributed by atoms with van der Waals surface area (Å²) in [6.07, 6.45) is -0.383. The second-order valence-electron chi connectivity index (χ2n) is 10.9. The normalized spacial score (nSPS) is 12.8. The largest absolute Gasteiger partial charge is 0.479 e. The number of aryl methyl sites for hydroxylation is 2. The lowest BCUT2D eigenvalue weighted by Crippen LogP contribution is -2.30. The highest BCUT2D eigenvalue weighted by molar-refractivity contribution is 7.22. The number of aliphatic hydroxyl groups is 1. The number of aromatic nitrogens is 3. The minimum absolute atomic E-state index is 0.470. The predicted molar refractivity (Wildman–Crippen MR) is 170 cm³/mol. The van der Waals surface area contributed by atoms with Gasteiger partial charge in [-0.05, 0) is 81.6 Å². The molecule has 0 radical (unpaired) electrons. The van der Waals surface area contributed by atoms with Gasteiger partial charge in [0.05, 0.1) is 15.7 Å². The van der Waals surface area contributed by atoms with Gasteiger partial charge in [0.2, 0.25) is 0 Å². The van der Waals surface area contributed by atoms with Gasteiger partial charge in [0, 0.05) is 47.2 Å². The van der Waals surface area contributed by atoms with E-state index in [9.17, 15) is 15.0 Å². The first-order valence-electron chi connectivity index (χ1n) is 14.0. The molecule has 42 heavy (non-hydrogen) atoms. The van der Waals surface area contributed by atoms with E-state index in [1.807, 2.05) is 36.9 Å². The molecule has 0 spiro atoms. The van der Waals surface area contributed by atoms with Crippen LogP contribution in [0.1, 0.15) is 51.3 Å². The van der Waals surface area contributed by atoms with Crippen molar-refractivity contribution >= 4 is 55.8 Å². The summed E-state index contributed by atoms with van der Waals surface area (Å²) in [5.74, 6) is -1.91. The molecule has 0 bridgehead atoms. The molecule has 0 aliphatic rings. The number of thiazole rings is 1. The van der Waals surface area contributed by atoms with E-state index in [1.165, 1.54) is 25.2 Å². The van der Waals surface area contributed by atoms with Crippen LogP contribution in [0.3, 0.4) is 0 Å². The fourth-order valence-corrected chi connectivity index (χ4v) is 6.64. The number of anilines is 1. The van der Waals surface area contributed by atoms with Crippen molar-refractivity contribution < 1.29 is 19.7 Å². The topological polar surface area (TPSA) is 101 Å². The number of ether oxygens (including phenoxy) is 1. The fourth-order valence-electron chi connectivity index (χ4n) is 5.39. The van der Waals surface area contributed by atoms with E-state index >= 15 is 0 Å². The first-order chi connectivity index (χ1) is 19.9. The third-order valence-corrected chi connectivity index (χ3v) is 8.60. The van der Waals surface area contributed by atoms with Crippen LogP contribution in [0.5, 0.6) is 0 Å². The third-order valence-electron chi connectivity index (χ3n) is 7.21. The van der Waals surface area contributed by atoms with Gasteiger partial charge in [-0.15, -0.1) is 11.3 Å². The standard InChI is InChI=1S/C32H35ClN4O4S/c1-7-15-37(8-2)29-22-17-20(11-14-24(22)36(6)35-29)30-34-23-16-18(3)25(27(31(38)39)41-32(4,5)40)26(28(23)42-30)19-9-12-21(33)13-10-19/h9-14,16-17,27,40H,7-8,15H2,1-6H3,(H,38,39)/t27-/m0/s1. The maximum Gasteiger partial charge on any atom is 0.337 e. The number of nitrogens with zero attached hydrogens (tertiary/aromatic N) is 4. The average molecular weight is 607 g/mol. The summed E-state index contributed by atoms with van der Waals surface area (Å²) in [4.78, 5) is 19.8. The highest BCUT2D eigenvalue weighted by atomic mass is 35.5. The van der Waals surface area contributed by atoms with E-state index in [0.29, 0.717) is 21.7 Å². The molecule has 5 rings (SSSR count). The Kier molecular flexibility index (Phi) is 8.31. The van der Waals surface area contributed by atoms with Crippen molar-refractivity contribution in [2.45, 2.75) is 52.9 Å². The average Bonchev–Trinajstić information content (AvgIpc) is 3.50. The number of carboxylic acid groups (broad SMARTS) is 1. The predicted octanol–water partition coefficient (Wildman–Crippen LogP) is 7.59. The molecule has 220 valence electrons. The Morgan fingerprint density at radius 2 is 1.83 bits per heavy atom. The number of halogens is 1. The van der Waals surface area contributed by atoms with Crippen molar-refractivity contribution in [3.63, 3.8) is 0 Å². The van der Waals surface area contributed by atoms with Crippen LogP contribution in [0.15, 0.2) is 48.5 Å². The molecule has 0 saturated heterocycles. The lowest BCUT2D eigenvalue weighted by atomic mass is 9.91. The SMILES string of the molecule is CCCN(CC)c1nn(C)c2ccc(-c3nc4cc(C)c([C@H](OC(C)(C)O)C(=O)O)c(-c5ccc(Cl)cc5)c4s3)cc12. The minimum Gasteiger partial charge on any atom is -0.479 e. The van der Waals surface area contributed by atoms with Crippen molar-refractivity contribution in [1.29, 1.82) is 0 Å². The van der Waals surface area contributed by atoms with E-state index in [2.05, 4.69) is 36.9 Å². The molecular formula is C32H35ClN4O4S. The van der Waals surface area contributed by atoms with E-state index < -0.39 is 17.9 Å². The summed E-state index contributed by atoms with van der Waals surface area (Å²) in [7, 11) is 1.96. The summed E-state index contributed by atoms with van der Waals surface area (Å²) >= 11 is 7.71. The molecule has 5 aromatic rings. The number of hydrogen-bond donors (Lipinski definition) is 2. The van der Waals surface area contributed by atoms with Crippen molar-refractivity contribution in [3.05, 3.63) is 64.7 Å². The monoisotopic (exact) mass is 606 g/mol. The summed E-state index contributed by atoms with van der Waals surface area (Å²) in [5.41, 5.74) is 5.40. The molecule has 10 heteroatoms. The summed E-state index contributed by atoms with van der Waals surface area (Å²) in [5, 5.41) is 27.9. The van der Waals surface area contributed by atoms with E-state index in [-0.39, 0.29) is 0 Å². The quantitative estimate of drug-likeness (QED) is 0.158. The Bertz CT molecular complexity index is 1770. The number of carbonyl (C=O) groups is 1. The first-order valence-corrected chi connectivity index (χ1v) is 15.2. The number of benzene rings is 3. The van der Waals surface area contributed by atoms with Crippen molar-refractivity contribution in [3.8, 4) is 21.7 Å². The van der Waals surface area contributed by atoms with Crippen LogP contribution in [-0.2, 0) is 16.6 Å². The molecule has 2 heterocycles. The number of hydrogen-bond acceptors (Lipinski definition) is 7. The molecule has 2 aromatic heterocycles. The van der Waals surface area contributed by atoms with Crippen LogP contribution in [-0.4, -0.2) is 49.8 Å². The molecule has 0 unspecified atom stereocenters. The summed E-state index contributed by atoms with van der Waals surface area (Å²) in [6, 6.07) is 15.4. The van der Waals surface area contributed by atoms with Gasteiger partial charge in [0.1, 0.15) is 5.01 Å². The van der Waals surface area contributed by atoms with E-state index in [4.69, 9.17) is 26.4 Å². The number of carboxylic acids is 1. The maximum atomic E-state index is 12.5. The van der Waals surface area contributed by atoms with E-state index in [1.54, 1.807) is 12.1 Å². The maximum absolute atomic E-state index is 12.5. The molecule has 0 amide bonds. The third kappa shape index (κ3) is 5.74. The first kappa shape index (κ1) is 30.0. The van der Waals surface area contributed by atoms with Crippen molar-refractivity contribution in [2.75, 3.05) is 18.0 Å². The van der Waals surface area contributed by atoms with Gasteiger partial charge in [-0.1, -0.05) is 30.7 Å². The summed E-state index contributed by atoms with van der Waals surface area (Å²) < 4.78 is 8.45. The van der Waals surface area contributed by atoms with Crippen LogP contribution in [0.25, 0.3) is 42.8 Å². The highest BCUT2D eigenvalue weighted by Crippen LogP contribution is 2.44. The van der Waals surface area contributed by atoms with E-state index in [0.717, 1.165) is 62.6 Å². The zero-order chi connectivity index (χ0) is 30.3. The summed E-state index contributed by atoms with van der Waals surface area (Å²) in [6.45, 7) is 10.8. The van der Waals surface area contributed by atoms with Gasteiger partial charge >= 0.3 is 5.97 Å². The van der Waals surface area contributed by atoms with Gasteiger partial charge in [0.15, 0.2) is 17.7 Å². The van der Waals surface area contributed by atoms with Gasteiger partial charge in [0.25, 0.3) is 0 Å². The van der Waals surface area contributed by atoms with Crippen LogP contribution in [0.4, 0.5) is 5.82 Å². The Morgan fingerprint density at radius 1 is 1.14 bits per heavy atom. The Morgan fingerprint density at radius 3 is 2.45 bits per heavy atom. The molecule has 2 N–H and O–H groups in total.